The normalized spacial score (nSPS) is 11.0. The molecule has 0 unspecified atom stereocenters. The van der Waals surface area contributed by atoms with E-state index in [-0.39, 0.29) is 18.0 Å². The third kappa shape index (κ3) is 4.93. The van der Waals surface area contributed by atoms with Gasteiger partial charge in [-0.25, -0.2) is 9.78 Å². The minimum Gasteiger partial charge on any atom is -0.495 e. The first-order chi connectivity index (χ1) is 14.7. The Bertz CT molecular complexity index is 1200. The first-order valence-electron chi connectivity index (χ1n) is 9.81. The number of nitrogens with one attached hydrogen (secondary N) is 1. The number of carbonyl (C=O) groups is 2. The van der Waals surface area contributed by atoms with Crippen LogP contribution in [0.25, 0.3) is 10.2 Å². The molecule has 0 fully saturated rings. The van der Waals surface area contributed by atoms with E-state index < -0.39 is 11.9 Å². The van der Waals surface area contributed by atoms with Crippen molar-refractivity contribution in [2.75, 3.05) is 19.0 Å². The van der Waals surface area contributed by atoms with Gasteiger partial charge in [-0.05, 0) is 43.0 Å². The zero-order valence-corrected chi connectivity index (χ0v) is 19.0. The molecule has 1 amide bonds. The maximum atomic E-state index is 13.0. The summed E-state index contributed by atoms with van der Waals surface area (Å²) in [6.45, 7) is 7.57. The van der Waals surface area contributed by atoms with Crippen LogP contribution in [0.5, 0.6) is 5.75 Å². The van der Waals surface area contributed by atoms with Crippen LogP contribution in [0.4, 0.5) is 5.69 Å². The summed E-state index contributed by atoms with van der Waals surface area (Å²) in [6, 6.07) is 5.43. The molecule has 0 bridgehead atoms. The van der Waals surface area contributed by atoms with Gasteiger partial charge < -0.3 is 14.8 Å². The lowest BCUT2D eigenvalue weighted by Gasteiger charge is -2.11. The topological polar surface area (TPSA) is 99.5 Å². The van der Waals surface area contributed by atoms with Crippen molar-refractivity contribution in [1.29, 1.82) is 0 Å². The molecule has 0 saturated carbocycles. The van der Waals surface area contributed by atoms with Crippen molar-refractivity contribution in [3.63, 3.8) is 0 Å². The van der Waals surface area contributed by atoms with Crippen LogP contribution < -0.4 is 15.6 Å². The Balaban J connectivity index is 1.85. The number of carbonyl (C=O) groups excluding carboxylic acids is 2. The summed E-state index contributed by atoms with van der Waals surface area (Å²) < 4.78 is 11.8. The number of methoxy groups -OCH3 is 1. The SMILES string of the molecule is COc1ccc(C)cc1NC(=O)Cn1cnc2sc(C(=O)OCC(C)C)c(C)c2c1=O. The van der Waals surface area contributed by atoms with Crippen LogP contribution in [-0.4, -0.2) is 35.1 Å². The molecule has 3 rings (SSSR count). The molecule has 0 radical (unpaired) electrons. The number of rotatable bonds is 7. The average Bonchev–Trinajstić information content (AvgIpc) is 3.05. The molecule has 9 heteroatoms. The van der Waals surface area contributed by atoms with E-state index in [1.54, 1.807) is 19.1 Å². The van der Waals surface area contributed by atoms with Crippen LogP contribution in [0.3, 0.4) is 0 Å². The predicted octanol–water partition coefficient (Wildman–Crippen LogP) is 3.53. The van der Waals surface area contributed by atoms with Gasteiger partial charge in [0.1, 0.15) is 22.0 Å². The molecule has 1 aromatic carbocycles. The van der Waals surface area contributed by atoms with E-state index in [1.807, 2.05) is 26.8 Å². The van der Waals surface area contributed by atoms with Crippen molar-refractivity contribution in [3.05, 3.63) is 50.9 Å². The third-order valence-corrected chi connectivity index (χ3v) is 5.77. The second-order valence-corrected chi connectivity index (χ2v) is 8.66. The van der Waals surface area contributed by atoms with Gasteiger partial charge in [0.2, 0.25) is 5.91 Å². The predicted molar refractivity (Wildman–Crippen MR) is 120 cm³/mol. The lowest BCUT2D eigenvalue weighted by Crippen LogP contribution is -2.28. The van der Waals surface area contributed by atoms with Gasteiger partial charge in [0.15, 0.2) is 0 Å². The summed E-state index contributed by atoms with van der Waals surface area (Å²) in [6.07, 6.45) is 1.32. The van der Waals surface area contributed by atoms with Crippen LogP contribution in [0.2, 0.25) is 0 Å². The second kappa shape index (κ2) is 9.30. The van der Waals surface area contributed by atoms with E-state index in [1.165, 1.54) is 18.0 Å². The fourth-order valence-corrected chi connectivity index (χ4v) is 4.07. The van der Waals surface area contributed by atoms with Gasteiger partial charge in [0.25, 0.3) is 5.56 Å². The quantitative estimate of drug-likeness (QED) is 0.561. The van der Waals surface area contributed by atoms with Crippen molar-refractivity contribution in [1.82, 2.24) is 9.55 Å². The Kier molecular flexibility index (Phi) is 6.74. The van der Waals surface area contributed by atoms with E-state index in [2.05, 4.69) is 10.3 Å². The number of benzene rings is 1. The van der Waals surface area contributed by atoms with E-state index in [0.29, 0.717) is 38.7 Å². The minimum absolute atomic E-state index is 0.208. The Labute approximate surface area is 183 Å². The number of hydrogen-bond donors (Lipinski definition) is 1. The molecule has 1 N–H and O–H groups in total. The highest BCUT2D eigenvalue weighted by Gasteiger charge is 2.21. The molecule has 8 nitrogen and oxygen atoms in total. The smallest absolute Gasteiger partial charge is 0.348 e. The summed E-state index contributed by atoms with van der Waals surface area (Å²) in [4.78, 5) is 43.0. The monoisotopic (exact) mass is 443 g/mol. The summed E-state index contributed by atoms with van der Waals surface area (Å²) in [5.74, 6) is -0.126. The summed E-state index contributed by atoms with van der Waals surface area (Å²) >= 11 is 1.12. The fourth-order valence-electron chi connectivity index (χ4n) is 3.04. The molecule has 0 aliphatic carbocycles. The number of ether oxygens (including phenoxy) is 2. The number of fused-ring (bicyclic) bond motifs is 1. The highest BCUT2D eigenvalue weighted by atomic mass is 32.1. The highest BCUT2D eigenvalue weighted by Crippen LogP contribution is 2.28. The van der Waals surface area contributed by atoms with Gasteiger partial charge in [-0.1, -0.05) is 19.9 Å². The van der Waals surface area contributed by atoms with Gasteiger partial charge in [0, 0.05) is 0 Å². The Morgan fingerprint density at radius 3 is 2.68 bits per heavy atom. The largest absolute Gasteiger partial charge is 0.495 e. The van der Waals surface area contributed by atoms with E-state index >= 15 is 0 Å². The van der Waals surface area contributed by atoms with E-state index in [4.69, 9.17) is 9.47 Å². The van der Waals surface area contributed by atoms with E-state index in [9.17, 15) is 14.4 Å². The lowest BCUT2D eigenvalue weighted by molar-refractivity contribution is -0.116. The number of hydrogen-bond acceptors (Lipinski definition) is 7. The van der Waals surface area contributed by atoms with Crippen LogP contribution in [0.1, 0.15) is 34.6 Å². The van der Waals surface area contributed by atoms with Gasteiger partial charge in [-0.2, -0.15) is 0 Å². The summed E-state index contributed by atoms with van der Waals surface area (Å²) in [7, 11) is 1.52. The molecule has 2 aromatic heterocycles. The number of nitrogens with zero attached hydrogens (tertiary/aromatic N) is 2. The standard InChI is InChI=1S/C22H25N3O5S/c1-12(2)10-30-22(28)19-14(4)18-20(31-19)23-11-25(21(18)27)9-17(26)24-15-8-13(3)6-7-16(15)29-5/h6-8,11-12H,9-10H2,1-5H3,(H,24,26). The molecule has 164 valence electrons. The Hall–Kier alpha value is -3.20. The molecule has 31 heavy (non-hydrogen) atoms. The van der Waals surface area contributed by atoms with E-state index in [0.717, 1.165) is 16.9 Å². The number of amides is 1. The molecule has 0 spiro atoms. The molecular weight excluding hydrogens is 418 g/mol. The van der Waals surface area contributed by atoms with Gasteiger partial charge in [0.05, 0.1) is 31.1 Å². The molecule has 3 aromatic rings. The molecule has 0 aliphatic rings. The van der Waals surface area contributed by atoms with Gasteiger partial charge in [-0.15, -0.1) is 11.3 Å². The molecule has 0 aliphatic heterocycles. The molecule has 0 atom stereocenters. The Morgan fingerprint density at radius 1 is 1.26 bits per heavy atom. The molecular formula is C22H25N3O5S. The highest BCUT2D eigenvalue weighted by molar-refractivity contribution is 7.20. The first-order valence-corrected chi connectivity index (χ1v) is 10.6. The maximum Gasteiger partial charge on any atom is 0.348 e. The van der Waals surface area contributed by atoms with Gasteiger partial charge >= 0.3 is 5.97 Å². The molecule has 0 saturated heterocycles. The van der Waals surface area contributed by atoms with Crippen LogP contribution >= 0.6 is 11.3 Å². The van der Waals surface area contributed by atoms with Gasteiger partial charge in [-0.3, -0.25) is 14.2 Å². The summed E-state index contributed by atoms with van der Waals surface area (Å²) in [5.41, 5.74) is 1.62. The second-order valence-electron chi connectivity index (χ2n) is 7.66. The number of esters is 1. The minimum atomic E-state index is -0.468. The Morgan fingerprint density at radius 2 is 2.00 bits per heavy atom. The van der Waals surface area contributed by atoms with Crippen molar-refractivity contribution < 1.29 is 19.1 Å². The van der Waals surface area contributed by atoms with Crippen molar-refractivity contribution >= 4 is 39.1 Å². The lowest BCUT2D eigenvalue weighted by atomic mass is 10.2. The average molecular weight is 444 g/mol. The van der Waals surface area contributed by atoms with Crippen molar-refractivity contribution in [2.45, 2.75) is 34.2 Å². The third-order valence-electron chi connectivity index (χ3n) is 4.59. The maximum absolute atomic E-state index is 13.0. The van der Waals surface area contributed by atoms with Crippen LogP contribution in [-0.2, 0) is 16.1 Å². The summed E-state index contributed by atoms with van der Waals surface area (Å²) in [5, 5.41) is 3.09. The number of aromatic nitrogens is 2. The van der Waals surface area contributed by atoms with Crippen LogP contribution in [0.15, 0.2) is 29.3 Å². The zero-order chi connectivity index (χ0) is 22.7. The zero-order valence-electron chi connectivity index (χ0n) is 18.1. The number of thiophene rings is 1. The fraction of sp³-hybridized carbons (Fsp3) is 0.364. The number of aryl methyl sites for hydroxylation is 2. The number of anilines is 1. The van der Waals surface area contributed by atoms with Crippen molar-refractivity contribution in [3.8, 4) is 5.75 Å². The first kappa shape index (κ1) is 22.5. The van der Waals surface area contributed by atoms with Crippen LogP contribution in [0, 0.1) is 19.8 Å². The van der Waals surface area contributed by atoms with Crippen molar-refractivity contribution in [2.24, 2.45) is 5.92 Å². The molecule has 2 heterocycles.